The molecule has 2 atom stereocenters. The fourth-order valence-electron chi connectivity index (χ4n) is 7.26. The minimum atomic E-state index is -0.133. The zero-order valence-corrected chi connectivity index (χ0v) is 25.0. The number of fused-ring (bicyclic) bond motifs is 6. The van der Waals surface area contributed by atoms with Gasteiger partial charge < -0.3 is 4.90 Å². The maximum atomic E-state index is 13.7. The number of pyridine rings is 2. The zero-order chi connectivity index (χ0) is 30.9. The number of aromatic amines is 1. The maximum Gasteiger partial charge on any atom is 0.333 e. The number of carbonyl (C=O) groups is 1. The van der Waals surface area contributed by atoms with E-state index in [0.29, 0.717) is 0 Å². The molecule has 0 radical (unpaired) electrons. The summed E-state index contributed by atoms with van der Waals surface area (Å²) in [5.41, 5.74) is 8.31. The topological polar surface area (TPSA) is 115 Å². The van der Waals surface area contributed by atoms with Gasteiger partial charge in [-0.3, -0.25) is 29.0 Å². The molecule has 2 bridgehead atoms. The van der Waals surface area contributed by atoms with Crippen molar-refractivity contribution in [2.75, 3.05) is 0 Å². The van der Waals surface area contributed by atoms with Gasteiger partial charge in [0.05, 0.1) is 40.0 Å². The van der Waals surface area contributed by atoms with Crippen LogP contribution in [0.4, 0.5) is 0 Å². The molecule has 6 heterocycles. The first-order valence-corrected chi connectivity index (χ1v) is 15.4. The first-order chi connectivity index (χ1) is 22.5. The molecule has 224 valence electrons. The molecule has 0 aliphatic carbocycles. The van der Waals surface area contributed by atoms with Crippen molar-refractivity contribution in [3.05, 3.63) is 119 Å². The summed E-state index contributed by atoms with van der Waals surface area (Å²) in [5, 5.41) is 8.61. The molecule has 1 N–H and O–H groups in total. The normalized spacial score (nSPS) is 17.7. The first-order valence-electron chi connectivity index (χ1n) is 15.4. The third-order valence-electron chi connectivity index (χ3n) is 9.54. The molecule has 10 nitrogen and oxygen atoms in total. The second-order valence-corrected chi connectivity index (χ2v) is 12.1. The number of hydrogen-bond acceptors (Lipinski definition) is 6. The monoisotopic (exact) mass is 604 g/mol. The van der Waals surface area contributed by atoms with Crippen molar-refractivity contribution in [2.24, 2.45) is 7.05 Å². The molecular formula is C36H28N8O2. The lowest BCUT2D eigenvalue weighted by Crippen LogP contribution is -2.43. The molecular weight excluding hydrogens is 576 g/mol. The number of hydrogen-bond donors (Lipinski definition) is 1. The van der Waals surface area contributed by atoms with Crippen LogP contribution in [0.2, 0.25) is 0 Å². The number of nitrogens with zero attached hydrogens (tertiary/aromatic N) is 7. The van der Waals surface area contributed by atoms with Crippen LogP contribution in [0, 0.1) is 0 Å². The summed E-state index contributed by atoms with van der Waals surface area (Å²) >= 11 is 0. The van der Waals surface area contributed by atoms with E-state index in [4.69, 9.17) is 4.98 Å². The van der Waals surface area contributed by atoms with Gasteiger partial charge >= 0.3 is 5.69 Å². The van der Waals surface area contributed by atoms with E-state index in [-0.39, 0.29) is 29.5 Å². The summed E-state index contributed by atoms with van der Waals surface area (Å²) in [6, 6.07) is 24.7. The molecule has 46 heavy (non-hydrogen) atoms. The minimum absolute atomic E-state index is 0.0194. The lowest BCUT2D eigenvalue weighted by Gasteiger charge is -2.33. The molecule has 2 aliphatic heterocycles. The average molecular weight is 605 g/mol. The predicted molar refractivity (Wildman–Crippen MR) is 177 cm³/mol. The quantitative estimate of drug-likeness (QED) is 0.277. The van der Waals surface area contributed by atoms with Gasteiger partial charge in [0.1, 0.15) is 6.33 Å². The summed E-state index contributed by atoms with van der Waals surface area (Å²) in [6.07, 6.45) is 9.94. The number of benzene rings is 3. The molecule has 0 spiro atoms. The van der Waals surface area contributed by atoms with E-state index < -0.39 is 0 Å². The smallest absolute Gasteiger partial charge is 0.326 e. The van der Waals surface area contributed by atoms with Gasteiger partial charge in [0.2, 0.25) is 5.82 Å². The largest absolute Gasteiger partial charge is 0.333 e. The Hall–Kier alpha value is -5.90. The lowest BCUT2D eigenvalue weighted by molar-refractivity contribution is 0.0680. The van der Waals surface area contributed by atoms with Crippen molar-refractivity contribution in [2.45, 2.75) is 31.3 Å². The number of imidazole rings is 1. The Bertz CT molecular complexity index is 2420. The molecule has 10 heteroatoms. The Kier molecular flexibility index (Phi) is 5.80. The van der Waals surface area contributed by atoms with E-state index in [9.17, 15) is 9.59 Å². The molecule has 4 aromatic heterocycles. The predicted octanol–water partition coefficient (Wildman–Crippen LogP) is 5.67. The molecule has 1 saturated heterocycles. The summed E-state index contributed by atoms with van der Waals surface area (Å²) in [4.78, 5) is 42.2. The number of carbonyl (C=O) groups excluding carboxylic acids is 1. The Morgan fingerprint density at radius 1 is 0.870 bits per heavy atom. The van der Waals surface area contributed by atoms with Gasteiger partial charge in [-0.05, 0) is 72.4 Å². The molecule has 1 amide bonds. The highest BCUT2D eigenvalue weighted by Crippen LogP contribution is 2.39. The lowest BCUT2D eigenvalue weighted by atomic mass is 9.94. The van der Waals surface area contributed by atoms with Crippen molar-refractivity contribution in [1.29, 1.82) is 0 Å². The number of H-pyrrole nitrogens is 1. The van der Waals surface area contributed by atoms with Gasteiger partial charge in [-0.15, -0.1) is 5.10 Å². The van der Waals surface area contributed by atoms with E-state index >= 15 is 0 Å². The van der Waals surface area contributed by atoms with Crippen LogP contribution in [0.15, 0.2) is 102 Å². The number of nitrogens with one attached hydrogen (secondary N) is 1. The molecule has 9 rings (SSSR count). The van der Waals surface area contributed by atoms with Gasteiger partial charge in [0, 0.05) is 35.6 Å². The number of aryl methyl sites for hydroxylation is 1. The van der Waals surface area contributed by atoms with Crippen LogP contribution in [0.5, 0.6) is 0 Å². The number of rotatable bonds is 4. The van der Waals surface area contributed by atoms with Gasteiger partial charge in [-0.2, -0.15) is 0 Å². The van der Waals surface area contributed by atoms with Crippen LogP contribution in [-0.4, -0.2) is 57.2 Å². The highest BCUT2D eigenvalue weighted by molar-refractivity contribution is 6.05. The van der Waals surface area contributed by atoms with E-state index in [1.165, 1.54) is 11.9 Å². The fraction of sp³-hybridized carbons (Fsp3) is 0.167. The summed E-state index contributed by atoms with van der Waals surface area (Å²) in [6.45, 7) is 0. The highest BCUT2D eigenvalue weighted by Gasteiger charge is 2.41. The van der Waals surface area contributed by atoms with Crippen LogP contribution in [0.25, 0.3) is 55.2 Å². The zero-order valence-electron chi connectivity index (χ0n) is 25.0. The summed E-state index contributed by atoms with van der Waals surface area (Å²) < 4.78 is 3.43. The number of amides is 1. The van der Waals surface area contributed by atoms with E-state index in [0.717, 1.165) is 74.5 Å². The van der Waals surface area contributed by atoms with E-state index in [1.807, 2.05) is 47.5 Å². The maximum absolute atomic E-state index is 13.7. The van der Waals surface area contributed by atoms with Crippen molar-refractivity contribution in [3.63, 3.8) is 0 Å². The third kappa shape index (κ3) is 4.03. The summed E-state index contributed by atoms with van der Waals surface area (Å²) in [7, 11) is 1.79. The van der Waals surface area contributed by atoms with Gasteiger partial charge in [0.15, 0.2) is 0 Å². The fourth-order valence-corrected chi connectivity index (χ4v) is 7.26. The second kappa shape index (κ2) is 10.1. The third-order valence-corrected chi connectivity index (χ3v) is 9.54. The Labute approximate surface area is 262 Å². The SMILES string of the molecule is Cn1c(=O)n(-c2ccc(C3=C[C@@H]4CC[C@H](C3)N4C(=O)c3nc[nH]n3)cc2)c2c3cc(-c4cnc5ccccc5c4)ccc3ncc21. The van der Waals surface area contributed by atoms with Crippen molar-refractivity contribution in [3.8, 4) is 16.8 Å². The highest BCUT2D eigenvalue weighted by atomic mass is 16.2. The molecule has 0 unspecified atom stereocenters. The number of para-hydroxylation sites is 1. The van der Waals surface area contributed by atoms with E-state index in [1.54, 1.807) is 22.4 Å². The average Bonchev–Trinajstić information content (AvgIpc) is 3.80. The van der Waals surface area contributed by atoms with Crippen LogP contribution in [0.1, 0.15) is 35.4 Å². The molecule has 2 aliphatic rings. The van der Waals surface area contributed by atoms with Gasteiger partial charge in [-0.25, -0.2) is 9.78 Å². The molecule has 3 aromatic carbocycles. The van der Waals surface area contributed by atoms with Crippen LogP contribution in [0.3, 0.4) is 0 Å². The van der Waals surface area contributed by atoms with Crippen LogP contribution in [-0.2, 0) is 7.05 Å². The number of aromatic nitrogens is 7. The van der Waals surface area contributed by atoms with E-state index in [2.05, 4.69) is 62.6 Å². The molecule has 7 aromatic rings. The summed E-state index contributed by atoms with van der Waals surface area (Å²) in [5.74, 6) is 0.0823. The standard InChI is InChI=1S/C36H28N8O2/c1-42-32-19-38-31-13-8-22(25-14-23-4-2-3-5-30(23)37-18-25)17-29(31)33(32)44(36(42)46)26-9-6-21(7-10-26)24-15-27-11-12-28(16-24)43(27)35(45)34-39-20-40-41-34/h2-10,13-15,17-20,27-28H,11-12,16H2,1H3,(H,39,40,41)/t27-,28+/m0/s1. The Morgan fingerprint density at radius 3 is 2.52 bits per heavy atom. The molecule has 0 saturated carbocycles. The first kappa shape index (κ1) is 26.5. The van der Waals surface area contributed by atoms with Gasteiger partial charge in [-0.1, -0.05) is 42.5 Å². The van der Waals surface area contributed by atoms with Crippen LogP contribution >= 0.6 is 0 Å². The Balaban J connectivity index is 1.10. The van der Waals surface area contributed by atoms with Crippen molar-refractivity contribution < 1.29 is 4.79 Å². The second-order valence-electron chi connectivity index (χ2n) is 12.1. The molecule has 1 fully saturated rings. The van der Waals surface area contributed by atoms with Crippen LogP contribution < -0.4 is 5.69 Å². The Morgan fingerprint density at radius 2 is 1.70 bits per heavy atom. The van der Waals surface area contributed by atoms with Crippen molar-refractivity contribution in [1.82, 2.24) is 39.2 Å². The van der Waals surface area contributed by atoms with Gasteiger partial charge in [0.25, 0.3) is 5.91 Å². The van der Waals surface area contributed by atoms with Crippen molar-refractivity contribution >= 4 is 44.3 Å². The minimum Gasteiger partial charge on any atom is -0.326 e.